The number of carbonyl (C=O) groups is 2. The van der Waals surface area contributed by atoms with E-state index >= 15 is 0 Å². The van der Waals surface area contributed by atoms with Gasteiger partial charge in [0.25, 0.3) is 0 Å². The highest BCUT2D eigenvalue weighted by atomic mass is 19.1. The molecule has 1 aromatic rings. The minimum Gasteiger partial charge on any atom is -0.480 e. The second-order valence-electron chi connectivity index (χ2n) is 7.22. The van der Waals surface area contributed by atoms with Crippen LogP contribution in [-0.4, -0.2) is 52.5 Å². The summed E-state index contributed by atoms with van der Waals surface area (Å²) < 4.78 is 13.8. The van der Waals surface area contributed by atoms with E-state index in [1.807, 2.05) is 4.90 Å². The lowest BCUT2D eigenvalue weighted by Gasteiger charge is -2.33. The summed E-state index contributed by atoms with van der Waals surface area (Å²) in [5.74, 6) is -0.974. The van der Waals surface area contributed by atoms with Gasteiger partial charge in [-0.25, -0.2) is 4.39 Å². The number of aliphatic carboxylic acids is 1. The SMILES string of the molecule is CN(Cc1ccccc1F)C(=O)CN1[C@@H]2CCCC[C@@H]2C[C@H]1C(=O)O. The average molecular weight is 348 g/mol. The van der Waals surface area contributed by atoms with Gasteiger partial charge in [-0.1, -0.05) is 31.0 Å². The quantitative estimate of drug-likeness (QED) is 0.888. The molecule has 1 aromatic carbocycles. The maximum absolute atomic E-state index is 13.8. The van der Waals surface area contributed by atoms with Crippen molar-refractivity contribution in [1.29, 1.82) is 0 Å². The normalized spacial score (nSPS) is 26.2. The van der Waals surface area contributed by atoms with Crippen molar-refractivity contribution in [2.24, 2.45) is 5.92 Å². The highest BCUT2D eigenvalue weighted by Crippen LogP contribution is 2.39. The monoisotopic (exact) mass is 348 g/mol. The topological polar surface area (TPSA) is 60.9 Å². The van der Waals surface area contributed by atoms with Crippen LogP contribution >= 0.6 is 0 Å². The molecule has 6 heteroatoms. The number of halogens is 1. The van der Waals surface area contributed by atoms with Crippen molar-refractivity contribution in [2.75, 3.05) is 13.6 Å². The lowest BCUT2D eigenvalue weighted by molar-refractivity contribution is -0.144. The molecule has 0 bridgehead atoms. The molecule has 2 fully saturated rings. The van der Waals surface area contributed by atoms with Gasteiger partial charge in [0.1, 0.15) is 11.9 Å². The first-order valence-corrected chi connectivity index (χ1v) is 8.93. The minimum absolute atomic E-state index is 0.0864. The molecule has 1 saturated heterocycles. The summed E-state index contributed by atoms with van der Waals surface area (Å²) in [5.41, 5.74) is 0.463. The van der Waals surface area contributed by atoms with Crippen molar-refractivity contribution in [3.8, 4) is 0 Å². The zero-order chi connectivity index (χ0) is 18.0. The summed E-state index contributed by atoms with van der Waals surface area (Å²) in [7, 11) is 1.64. The van der Waals surface area contributed by atoms with Crippen LogP contribution in [0.4, 0.5) is 4.39 Å². The van der Waals surface area contributed by atoms with E-state index in [4.69, 9.17) is 0 Å². The Balaban J connectivity index is 1.67. The molecule has 0 radical (unpaired) electrons. The smallest absolute Gasteiger partial charge is 0.320 e. The third kappa shape index (κ3) is 3.84. The van der Waals surface area contributed by atoms with E-state index in [9.17, 15) is 19.1 Å². The van der Waals surface area contributed by atoms with Crippen LogP contribution in [0.15, 0.2) is 24.3 Å². The van der Waals surface area contributed by atoms with Gasteiger partial charge in [0.15, 0.2) is 0 Å². The number of nitrogens with zero attached hydrogens (tertiary/aromatic N) is 2. The zero-order valence-corrected chi connectivity index (χ0v) is 14.5. The molecule has 0 spiro atoms. The van der Waals surface area contributed by atoms with Gasteiger partial charge in [-0.2, -0.15) is 0 Å². The first-order valence-electron chi connectivity index (χ1n) is 8.93. The van der Waals surface area contributed by atoms with Crippen molar-refractivity contribution < 1.29 is 19.1 Å². The summed E-state index contributed by atoms with van der Waals surface area (Å²) in [6.45, 7) is 0.272. The standard InChI is InChI=1S/C19H25FN2O3/c1-21(11-14-7-2-4-8-15(14)20)18(23)12-22-16-9-5-3-6-13(16)10-17(22)19(24)25/h2,4,7-8,13,16-17H,3,5-6,9-12H2,1H3,(H,24,25)/t13-,16-,17+/m1/s1. The highest BCUT2D eigenvalue weighted by molar-refractivity contribution is 5.80. The van der Waals surface area contributed by atoms with Crippen LogP contribution in [0.3, 0.4) is 0 Å². The number of benzene rings is 1. The number of rotatable bonds is 5. The molecular formula is C19H25FN2O3. The third-order valence-electron chi connectivity index (χ3n) is 5.62. The van der Waals surface area contributed by atoms with E-state index in [0.717, 1.165) is 25.7 Å². The van der Waals surface area contributed by atoms with Crippen LogP contribution in [0, 0.1) is 11.7 Å². The molecule has 3 rings (SSSR count). The number of likely N-dealkylation sites (N-methyl/N-ethyl adjacent to an activating group) is 1. The molecule has 1 aliphatic heterocycles. The maximum Gasteiger partial charge on any atom is 0.320 e. The minimum atomic E-state index is -0.848. The summed E-state index contributed by atoms with van der Waals surface area (Å²) >= 11 is 0. The Labute approximate surface area is 147 Å². The Morgan fingerprint density at radius 2 is 2.00 bits per heavy atom. The lowest BCUT2D eigenvalue weighted by atomic mass is 9.85. The third-order valence-corrected chi connectivity index (χ3v) is 5.62. The second kappa shape index (κ2) is 7.52. The number of amides is 1. The number of hydrogen-bond donors (Lipinski definition) is 1. The van der Waals surface area contributed by atoms with Gasteiger partial charge >= 0.3 is 5.97 Å². The van der Waals surface area contributed by atoms with Gasteiger partial charge in [0.05, 0.1) is 6.54 Å². The fourth-order valence-corrected chi connectivity index (χ4v) is 4.27. The summed E-state index contributed by atoms with van der Waals surface area (Å²) in [4.78, 5) is 27.6. The molecule has 1 N–H and O–H groups in total. The van der Waals surface area contributed by atoms with Crippen LogP contribution in [-0.2, 0) is 16.1 Å². The number of carboxylic acids is 1. The van der Waals surface area contributed by atoms with Crippen molar-refractivity contribution in [1.82, 2.24) is 9.80 Å². The van der Waals surface area contributed by atoms with Crippen LogP contribution in [0.25, 0.3) is 0 Å². The van der Waals surface area contributed by atoms with Gasteiger partial charge in [-0.3, -0.25) is 14.5 Å². The number of carbonyl (C=O) groups excluding carboxylic acids is 1. The molecule has 25 heavy (non-hydrogen) atoms. The zero-order valence-electron chi connectivity index (χ0n) is 14.5. The average Bonchev–Trinajstić information content (AvgIpc) is 2.96. The summed E-state index contributed by atoms with van der Waals surface area (Å²) in [6, 6.07) is 5.99. The van der Waals surface area contributed by atoms with E-state index < -0.39 is 12.0 Å². The number of likely N-dealkylation sites (tertiary alicyclic amines) is 1. The molecular weight excluding hydrogens is 323 g/mol. The number of fused-ring (bicyclic) bond motifs is 1. The number of carboxylic acid groups (broad SMARTS) is 1. The Bertz CT molecular complexity index is 651. The van der Waals surface area contributed by atoms with Crippen LogP contribution in [0.5, 0.6) is 0 Å². The van der Waals surface area contributed by atoms with Gasteiger partial charge in [-0.15, -0.1) is 0 Å². The highest BCUT2D eigenvalue weighted by Gasteiger charge is 2.45. The maximum atomic E-state index is 13.8. The molecule has 136 valence electrons. The van der Waals surface area contributed by atoms with Gasteiger partial charge in [0.2, 0.25) is 5.91 Å². The first-order chi connectivity index (χ1) is 12.0. The lowest BCUT2D eigenvalue weighted by Crippen LogP contribution is -2.47. The molecule has 0 aromatic heterocycles. The van der Waals surface area contributed by atoms with E-state index in [1.165, 1.54) is 11.0 Å². The molecule has 3 atom stereocenters. The van der Waals surface area contributed by atoms with Crippen molar-refractivity contribution in [2.45, 2.75) is 50.7 Å². The van der Waals surface area contributed by atoms with E-state index in [-0.39, 0.29) is 30.9 Å². The number of hydrogen-bond acceptors (Lipinski definition) is 3. The van der Waals surface area contributed by atoms with Gasteiger partial charge < -0.3 is 10.0 Å². The van der Waals surface area contributed by atoms with Crippen molar-refractivity contribution in [3.63, 3.8) is 0 Å². The van der Waals surface area contributed by atoms with Gasteiger partial charge in [-0.05, 0) is 31.2 Å². The first kappa shape index (κ1) is 17.9. The van der Waals surface area contributed by atoms with Crippen molar-refractivity contribution >= 4 is 11.9 Å². The molecule has 5 nitrogen and oxygen atoms in total. The van der Waals surface area contributed by atoms with Crippen LogP contribution < -0.4 is 0 Å². The Morgan fingerprint density at radius 1 is 1.28 bits per heavy atom. The fraction of sp³-hybridized carbons (Fsp3) is 0.579. The van der Waals surface area contributed by atoms with Crippen molar-refractivity contribution in [3.05, 3.63) is 35.6 Å². The predicted octanol–water partition coefficient (Wildman–Crippen LogP) is 2.50. The molecule has 1 saturated carbocycles. The molecule has 1 heterocycles. The molecule has 2 aliphatic rings. The predicted molar refractivity (Wildman–Crippen MR) is 91.4 cm³/mol. The summed E-state index contributed by atoms with van der Waals surface area (Å²) in [6.07, 6.45) is 4.86. The fourth-order valence-electron chi connectivity index (χ4n) is 4.27. The van der Waals surface area contributed by atoms with Gasteiger partial charge in [0, 0.05) is 25.2 Å². The van der Waals surface area contributed by atoms with Crippen LogP contribution in [0.2, 0.25) is 0 Å². The summed E-state index contributed by atoms with van der Waals surface area (Å²) in [5, 5.41) is 9.54. The molecule has 1 amide bonds. The largest absolute Gasteiger partial charge is 0.480 e. The molecule has 0 unspecified atom stereocenters. The van der Waals surface area contributed by atoms with E-state index in [1.54, 1.807) is 25.2 Å². The molecule has 1 aliphatic carbocycles. The Morgan fingerprint density at radius 3 is 2.72 bits per heavy atom. The Kier molecular flexibility index (Phi) is 5.37. The van der Waals surface area contributed by atoms with E-state index in [0.29, 0.717) is 17.9 Å². The van der Waals surface area contributed by atoms with Crippen LogP contribution in [0.1, 0.15) is 37.7 Å². The Hall–Kier alpha value is -1.95. The second-order valence-corrected chi connectivity index (χ2v) is 7.22. The van der Waals surface area contributed by atoms with E-state index in [2.05, 4.69) is 0 Å².